The molecule has 16 heavy (non-hydrogen) atoms. The van der Waals surface area contributed by atoms with Crippen LogP contribution in [0.2, 0.25) is 0 Å². The summed E-state index contributed by atoms with van der Waals surface area (Å²) >= 11 is 1.85. The number of allylic oxidation sites excluding steroid dienone is 1. The van der Waals surface area contributed by atoms with Gasteiger partial charge in [0.25, 0.3) is 0 Å². The number of nitrogens with one attached hydrogen (secondary N) is 1. The van der Waals surface area contributed by atoms with E-state index in [4.69, 9.17) is 4.74 Å². The van der Waals surface area contributed by atoms with Gasteiger partial charge >= 0.3 is 0 Å². The topological polar surface area (TPSA) is 21.3 Å². The van der Waals surface area contributed by atoms with Gasteiger partial charge in [-0.05, 0) is 31.9 Å². The Balaban J connectivity index is 1.68. The van der Waals surface area contributed by atoms with Gasteiger partial charge in [0.2, 0.25) is 0 Å². The van der Waals surface area contributed by atoms with Gasteiger partial charge in [0.1, 0.15) is 0 Å². The molecule has 0 unspecified atom stereocenters. The van der Waals surface area contributed by atoms with Crippen LogP contribution in [0, 0.1) is 0 Å². The number of rotatable bonds is 7. The van der Waals surface area contributed by atoms with E-state index in [0.717, 1.165) is 19.2 Å². The highest BCUT2D eigenvalue weighted by Crippen LogP contribution is 2.22. The second-order valence-electron chi connectivity index (χ2n) is 4.11. The Morgan fingerprint density at radius 3 is 3.00 bits per heavy atom. The first-order chi connectivity index (χ1) is 7.88. The third-order valence-electron chi connectivity index (χ3n) is 2.55. The van der Waals surface area contributed by atoms with Crippen molar-refractivity contribution in [2.45, 2.75) is 39.0 Å². The highest BCUT2D eigenvalue weighted by Gasteiger charge is 2.20. The zero-order valence-corrected chi connectivity index (χ0v) is 10.6. The lowest BCUT2D eigenvalue weighted by Crippen LogP contribution is -2.14. The molecule has 0 radical (unpaired) electrons. The van der Waals surface area contributed by atoms with Crippen molar-refractivity contribution in [2.75, 3.05) is 6.61 Å². The third kappa shape index (κ3) is 4.08. The number of hydrogen-bond donors (Lipinski definition) is 1. The van der Waals surface area contributed by atoms with Crippen molar-refractivity contribution in [1.29, 1.82) is 0 Å². The van der Waals surface area contributed by atoms with Crippen molar-refractivity contribution >= 4 is 11.3 Å². The van der Waals surface area contributed by atoms with E-state index in [0.29, 0.717) is 6.61 Å². The molecule has 1 N–H and O–H groups in total. The molecule has 1 aromatic rings. The summed E-state index contributed by atoms with van der Waals surface area (Å²) in [6, 6.07) is 5.16. The van der Waals surface area contributed by atoms with Crippen LogP contribution in [0.25, 0.3) is 0 Å². The number of ether oxygens (including phenoxy) is 1. The van der Waals surface area contributed by atoms with E-state index in [2.05, 4.69) is 17.4 Å². The minimum Gasteiger partial charge on any atom is -0.372 e. The molecule has 88 valence electrons. The van der Waals surface area contributed by atoms with E-state index in [9.17, 15) is 0 Å². The largest absolute Gasteiger partial charge is 0.372 e. The van der Waals surface area contributed by atoms with E-state index in [1.807, 2.05) is 30.4 Å². The van der Waals surface area contributed by atoms with Crippen molar-refractivity contribution in [3.63, 3.8) is 0 Å². The monoisotopic (exact) mass is 237 g/mol. The lowest BCUT2D eigenvalue weighted by molar-refractivity contribution is 0.151. The van der Waals surface area contributed by atoms with Crippen molar-refractivity contribution in [3.8, 4) is 0 Å². The van der Waals surface area contributed by atoms with E-state index in [1.165, 1.54) is 22.6 Å². The average Bonchev–Trinajstić information content (AvgIpc) is 3.02. The standard InChI is InChI=1S/C13H19NOS/c1-2-3-8-15-10-13-7-6-12(16-13)9-14-11-4-5-11/h2-3,6-7,11,14H,4-5,8-10H2,1H3/b3-2+. The molecule has 0 bridgehead atoms. The minimum absolute atomic E-state index is 0.712. The summed E-state index contributed by atoms with van der Waals surface area (Å²) in [6.07, 6.45) is 6.75. The Kier molecular flexibility index (Phi) is 4.57. The fourth-order valence-electron chi connectivity index (χ4n) is 1.45. The average molecular weight is 237 g/mol. The van der Waals surface area contributed by atoms with Crippen LogP contribution in [-0.4, -0.2) is 12.6 Å². The molecule has 3 heteroatoms. The van der Waals surface area contributed by atoms with Gasteiger partial charge in [-0.2, -0.15) is 0 Å². The first kappa shape index (κ1) is 11.8. The first-order valence-electron chi connectivity index (χ1n) is 5.88. The van der Waals surface area contributed by atoms with Gasteiger partial charge in [0.05, 0.1) is 13.2 Å². The van der Waals surface area contributed by atoms with Crippen molar-refractivity contribution in [1.82, 2.24) is 5.32 Å². The van der Waals surface area contributed by atoms with E-state index in [-0.39, 0.29) is 0 Å². The summed E-state index contributed by atoms with van der Waals surface area (Å²) < 4.78 is 5.51. The predicted molar refractivity (Wildman–Crippen MR) is 68.7 cm³/mol. The Morgan fingerprint density at radius 2 is 2.25 bits per heavy atom. The molecule has 1 aliphatic carbocycles. The van der Waals surface area contributed by atoms with Gasteiger partial charge in [-0.1, -0.05) is 12.2 Å². The fraction of sp³-hybridized carbons (Fsp3) is 0.538. The molecule has 0 aliphatic heterocycles. The van der Waals surface area contributed by atoms with Gasteiger partial charge in [-0.3, -0.25) is 0 Å². The Hall–Kier alpha value is -0.640. The number of hydrogen-bond acceptors (Lipinski definition) is 3. The second-order valence-corrected chi connectivity index (χ2v) is 5.36. The fourth-order valence-corrected chi connectivity index (χ4v) is 2.36. The van der Waals surface area contributed by atoms with Gasteiger partial charge < -0.3 is 10.1 Å². The van der Waals surface area contributed by atoms with Crippen molar-refractivity contribution in [2.24, 2.45) is 0 Å². The molecular weight excluding hydrogens is 218 g/mol. The maximum absolute atomic E-state index is 5.51. The van der Waals surface area contributed by atoms with Crippen molar-refractivity contribution in [3.05, 3.63) is 34.0 Å². The van der Waals surface area contributed by atoms with Crippen LogP contribution in [0.15, 0.2) is 24.3 Å². The van der Waals surface area contributed by atoms with E-state index >= 15 is 0 Å². The normalized spacial score (nSPS) is 16.1. The summed E-state index contributed by atoms with van der Waals surface area (Å²) in [5.74, 6) is 0. The van der Waals surface area contributed by atoms with Gasteiger partial charge in [0, 0.05) is 22.3 Å². The Labute approximate surface area is 101 Å². The summed E-state index contributed by atoms with van der Waals surface area (Å²) in [6.45, 7) is 4.48. The number of thiophene rings is 1. The molecular formula is C13H19NOS. The first-order valence-corrected chi connectivity index (χ1v) is 6.70. The Bertz CT molecular complexity index is 341. The molecule has 1 aromatic heterocycles. The molecule has 2 rings (SSSR count). The van der Waals surface area contributed by atoms with Crippen LogP contribution >= 0.6 is 11.3 Å². The molecule has 0 spiro atoms. The molecule has 0 amide bonds. The predicted octanol–water partition coefficient (Wildman–Crippen LogP) is 3.09. The lowest BCUT2D eigenvalue weighted by Gasteiger charge is -1.99. The van der Waals surface area contributed by atoms with Crippen LogP contribution < -0.4 is 5.32 Å². The smallest absolute Gasteiger partial charge is 0.0813 e. The van der Waals surface area contributed by atoms with Crippen LogP contribution in [0.1, 0.15) is 29.5 Å². The third-order valence-corrected chi connectivity index (χ3v) is 3.61. The van der Waals surface area contributed by atoms with Gasteiger partial charge in [-0.15, -0.1) is 11.3 Å². The van der Waals surface area contributed by atoms with Crippen molar-refractivity contribution < 1.29 is 4.74 Å². The SMILES string of the molecule is C/C=C/COCc1ccc(CNC2CC2)s1. The summed E-state index contributed by atoms with van der Waals surface area (Å²) in [4.78, 5) is 2.73. The van der Waals surface area contributed by atoms with Crippen LogP contribution in [-0.2, 0) is 17.9 Å². The summed E-state index contributed by atoms with van der Waals surface area (Å²) in [5.41, 5.74) is 0. The molecule has 0 atom stereocenters. The molecule has 2 nitrogen and oxygen atoms in total. The quantitative estimate of drug-likeness (QED) is 0.581. The van der Waals surface area contributed by atoms with Crippen LogP contribution in [0.4, 0.5) is 0 Å². The van der Waals surface area contributed by atoms with Crippen LogP contribution in [0.3, 0.4) is 0 Å². The highest BCUT2D eigenvalue weighted by molar-refractivity contribution is 7.11. The molecule has 1 aliphatic rings. The second kappa shape index (κ2) is 6.18. The Morgan fingerprint density at radius 1 is 1.44 bits per heavy atom. The maximum Gasteiger partial charge on any atom is 0.0813 e. The molecule has 1 saturated carbocycles. The molecule has 0 aromatic carbocycles. The zero-order valence-electron chi connectivity index (χ0n) is 9.74. The molecule has 1 heterocycles. The summed E-state index contributed by atoms with van der Waals surface area (Å²) in [7, 11) is 0. The molecule has 0 saturated heterocycles. The molecule has 1 fully saturated rings. The summed E-state index contributed by atoms with van der Waals surface area (Å²) in [5, 5.41) is 3.52. The van der Waals surface area contributed by atoms with E-state index in [1.54, 1.807) is 0 Å². The zero-order chi connectivity index (χ0) is 11.2. The van der Waals surface area contributed by atoms with Crippen LogP contribution in [0.5, 0.6) is 0 Å². The minimum atomic E-state index is 0.712. The lowest BCUT2D eigenvalue weighted by atomic mass is 10.4. The van der Waals surface area contributed by atoms with E-state index < -0.39 is 0 Å². The van der Waals surface area contributed by atoms with Gasteiger partial charge in [-0.25, -0.2) is 0 Å². The van der Waals surface area contributed by atoms with Gasteiger partial charge in [0.15, 0.2) is 0 Å². The maximum atomic E-state index is 5.51. The highest BCUT2D eigenvalue weighted by atomic mass is 32.1.